The van der Waals surface area contributed by atoms with Crippen LogP contribution in [0, 0.1) is 11.8 Å². The van der Waals surface area contributed by atoms with Crippen molar-refractivity contribution < 1.29 is 14.4 Å². The van der Waals surface area contributed by atoms with Gasteiger partial charge in [-0.3, -0.25) is 19.4 Å². The maximum atomic E-state index is 14.1. The number of anilines is 2. The molecule has 7 nitrogen and oxygen atoms in total. The Bertz CT molecular complexity index is 1610. The average Bonchev–Trinajstić information content (AvgIpc) is 3.41. The van der Waals surface area contributed by atoms with E-state index in [0.29, 0.717) is 11.4 Å². The molecule has 4 aromatic rings. The molecule has 0 radical (unpaired) electrons. The number of amides is 3. The van der Waals surface area contributed by atoms with Crippen LogP contribution in [0.25, 0.3) is 10.8 Å². The predicted octanol–water partition coefficient (Wildman–Crippen LogP) is 4.36. The Kier molecular flexibility index (Phi) is 4.72. The summed E-state index contributed by atoms with van der Waals surface area (Å²) in [7, 11) is 0. The van der Waals surface area contributed by atoms with Crippen LogP contribution in [0.4, 0.5) is 11.4 Å². The molecule has 0 saturated carbocycles. The van der Waals surface area contributed by atoms with Crippen molar-refractivity contribution in [2.24, 2.45) is 16.9 Å². The van der Waals surface area contributed by atoms with Gasteiger partial charge in [0.25, 0.3) is 0 Å². The van der Waals surface area contributed by atoms with Gasteiger partial charge in [0.15, 0.2) is 0 Å². The molecule has 1 N–H and O–H groups in total. The van der Waals surface area contributed by atoms with Crippen molar-refractivity contribution in [3.63, 3.8) is 0 Å². The van der Waals surface area contributed by atoms with Crippen molar-refractivity contribution in [2.45, 2.75) is 12.1 Å². The molecule has 3 amide bonds. The van der Waals surface area contributed by atoms with Gasteiger partial charge < -0.3 is 5.32 Å². The number of hydrogen-bond acceptors (Lipinski definition) is 5. The molecule has 180 valence electrons. The number of nitrogens with one attached hydrogen (secondary N) is 1. The highest BCUT2D eigenvalue weighted by atomic mass is 16.2. The van der Waals surface area contributed by atoms with Crippen molar-refractivity contribution in [2.75, 3.05) is 10.2 Å². The largest absolute Gasteiger partial charge is 0.324 e. The quantitative estimate of drug-likeness (QED) is 0.437. The third-order valence-corrected chi connectivity index (χ3v) is 7.61. The molecule has 7 rings (SSSR count). The van der Waals surface area contributed by atoms with Crippen LogP contribution in [0.3, 0.4) is 0 Å². The number of rotatable bonds is 3. The van der Waals surface area contributed by atoms with E-state index in [1.165, 1.54) is 4.90 Å². The highest BCUT2D eigenvalue weighted by Crippen LogP contribution is 2.53. The van der Waals surface area contributed by atoms with E-state index < -0.39 is 23.9 Å². The summed E-state index contributed by atoms with van der Waals surface area (Å²) in [6.07, 6.45) is 1.70. The van der Waals surface area contributed by atoms with Crippen LogP contribution in [0.2, 0.25) is 0 Å². The number of hydrogen-bond donors (Lipinski definition) is 1. The smallest absolute Gasteiger partial charge is 0.249 e. The molecule has 37 heavy (non-hydrogen) atoms. The van der Waals surface area contributed by atoms with Crippen LogP contribution in [0.1, 0.15) is 17.2 Å². The summed E-state index contributed by atoms with van der Waals surface area (Å²) in [4.78, 5) is 43.3. The summed E-state index contributed by atoms with van der Waals surface area (Å²) in [6.45, 7) is 0. The van der Waals surface area contributed by atoms with Crippen molar-refractivity contribution in [1.82, 2.24) is 5.01 Å². The lowest BCUT2D eigenvalue weighted by Gasteiger charge is -2.33. The molecule has 4 atom stereocenters. The van der Waals surface area contributed by atoms with Gasteiger partial charge in [-0.15, -0.1) is 0 Å². The Morgan fingerprint density at radius 2 is 1.46 bits per heavy atom. The van der Waals surface area contributed by atoms with Crippen molar-refractivity contribution in [1.29, 1.82) is 0 Å². The second kappa shape index (κ2) is 8.13. The molecule has 3 aliphatic rings. The molecular weight excluding hydrogens is 464 g/mol. The lowest BCUT2D eigenvalue weighted by atomic mass is 9.85. The van der Waals surface area contributed by atoms with Gasteiger partial charge in [-0.05, 0) is 34.7 Å². The van der Waals surface area contributed by atoms with Gasteiger partial charge in [0.2, 0.25) is 17.7 Å². The Morgan fingerprint density at radius 3 is 2.32 bits per heavy atom. The molecule has 2 fully saturated rings. The van der Waals surface area contributed by atoms with Gasteiger partial charge in [-0.25, -0.2) is 4.90 Å². The van der Waals surface area contributed by atoms with Crippen LogP contribution >= 0.6 is 0 Å². The third-order valence-electron chi connectivity index (χ3n) is 7.61. The monoisotopic (exact) mass is 486 g/mol. The maximum Gasteiger partial charge on any atom is 0.249 e. The molecule has 0 unspecified atom stereocenters. The average molecular weight is 487 g/mol. The van der Waals surface area contributed by atoms with Crippen molar-refractivity contribution in [3.8, 4) is 0 Å². The highest BCUT2D eigenvalue weighted by molar-refractivity contribution is 6.26. The Hall–Kier alpha value is -4.78. The first kappa shape index (κ1) is 21.5. The minimum Gasteiger partial charge on any atom is -0.324 e. The number of fused-ring (bicyclic) bond motifs is 6. The topological polar surface area (TPSA) is 82.1 Å². The van der Waals surface area contributed by atoms with Crippen LogP contribution in [0.15, 0.2) is 102 Å². The standard InChI is InChI=1S/C30H22N4O3/c35-28(32-20-12-2-1-3-13-20)27-25-24(26-22-15-7-5-10-19(22)17-31-34(26)27)29(36)33(30(25)37)23-16-8-11-18-9-4-6-14-21(18)23/h1-17,24-27H,(H,32,35)/t24-,25-,26+,27+/m1/s1. The minimum atomic E-state index is -0.934. The second-order valence-corrected chi connectivity index (χ2v) is 9.56. The number of carbonyl (C=O) groups is 3. The molecule has 0 aromatic heterocycles. The fourth-order valence-electron chi connectivity index (χ4n) is 6.05. The summed E-state index contributed by atoms with van der Waals surface area (Å²) in [5, 5.41) is 10.9. The van der Waals surface area contributed by atoms with Gasteiger partial charge in [-0.1, -0.05) is 78.9 Å². The maximum absolute atomic E-state index is 14.1. The van der Waals surface area contributed by atoms with Crippen LogP contribution in [0.5, 0.6) is 0 Å². The molecule has 0 spiro atoms. The van der Waals surface area contributed by atoms with Gasteiger partial charge in [0, 0.05) is 11.1 Å². The van der Waals surface area contributed by atoms with Crippen molar-refractivity contribution >= 4 is 46.1 Å². The van der Waals surface area contributed by atoms with Crippen LogP contribution < -0.4 is 10.2 Å². The van der Waals surface area contributed by atoms with Gasteiger partial charge >= 0.3 is 0 Å². The number of nitrogens with zero attached hydrogens (tertiary/aromatic N) is 3. The lowest BCUT2D eigenvalue weighted by Crippen LogP contribution is -2.46. The van der Waals surface area contributed by atoms with E-state index in [1.807, 2.05) is 78.9 Å². The van der Waals surface area contributed by atoms with Crippen LogP contribution in [-0.2, 0) is 14.4 Å². The van der Waals surface area contributed by atoms with Gasteiger partial charge in [0.05, 0.1) is 29.8 Å². The number of carbonyl (C=O) groups excluding carboxylic acids is 3. The third kappa shape index (κ3) is 3.13. The van der Waals surface area contributed by atoms with E-state index >= 15 is 0 Å². The molecule has 7 heteroatoms. The summed E-state index contributed by atoms with van der Waals surface area (Å²) < 4.78 is 0. The van der Waals surface area contributed by atoms with E-state index in [2.05, 4.69) is 10.4 Å². The molecule has 2 saturated heterocycles. The number of benzene rings is 4. The Balaban J connectivity index is 1.36. The molecular formula is C30H22N4O3. The molecule has 4 aromatic carbocycles. The minimum absolute atomic E-state index is 0.303. The van der Waals surface area contributed by atoms with E-state index in [0.717, 1.165) is 21.9 Å². The fourth-order valence-corrected chi connectivity index (χ4v) is 6.05. The normalized spacial score (nSPS) is 23.7. The zero-order valence-corrected chi connectivity index (χ0v) is 19.7. The predicted molar refractivity (Wildman–Crippen MR) is 141 cm³/mol. The number of hydrazone groups is 1. The Labute approximate surface area is 213 Å². The summed E-state index contributed by atoms with van der Waals surface area (Å²) in [5.74, 6) is -2.65. The Morgan fingerprint density at radius 1 is 0.757 bits per heavy atom. The van der Waals surface area contributed by atoms with Crippen molar-refractivity contribution in [3.05, 3.63) is 108 Å². The number of para-hydroxylation sites is 1. The van der Waals surface area contributed by atoms with E-state index in [1.54, 1.807) is 29.4 Å². The molecule has 0 bridgehead atoms. The van der Waals surface area contributed by atoms with Gasteiger partial charge in [0.1, 0.15) is 6.04 Å². The van der Waals surface area contributed by atoms with Crippen LogP contribution in [-0.4, -0.2) is 35.0 Å². The number of imide groups is 1. The first-order valence-corrected chi connectivity index (χ1v) is 12.3. The van der Waals surface area contributed by atoms with E-state index in [-0.39, 0.29) is 17.7 Å². The summed E-state index contributed by atoms with van der Waals surface area (Å²) >= 11 is 0. The fraction of sp³-hybridized carbons (Fsp3) is 0.133. The zero-order valence-electron chi connectivity index (χ0n) is 19.7. The first-order valence-electron chi connectivity index (χ1n) is 12.3. The zero-order chi connectivity index (χ0) is 25.1. The molecule has 0 aliphatic carbocycles. The molecule has 3 heterocycles. The van der Waals surface area contributed by atoms with Gasteiger partial charge in [-0.2, -0.15) is 5.10 Å². The highest BCUT2D eigenvalue weighted by Gasteiger charge is 2.65. The first-order chi connectivity index (χ1) is 18.1. The van der Waals surface area contributed by atoms with E-state index in [4.69, 9.17) is 0 Å². The lowest BCUT2D eigenvalue weighted by molar-refractivity contribution is -0.129. The SMILES string of the molecule is O=C(Nc1ccccc1)[C@@H]1[C@@H]2C(=O)N(c3cccc4ccccc34)C(=O)[C@H]2[C@@H]2c3ccccc3C=NN12. The van der Waals surface area contributed by atoms with E-state index in [9.17, 15) is 14.4 Å². The summed E-state index contributed by atoms with van der Waals surface area (Å²) in [5.41, 5.74) is 2.94. The molecule has 3 aliphatic heterocycles. The summed E-state index contributed by atoms with van der Waals surface area (Å²) in [6, 6.07) is 28.6. The second-order valence-electron chi connectivity index (χ2n) is 9.56.